The Balaban J connectivity index is 2.75. The van der Waals surface area contributed by atoms with Crippen LogP contribution in [0.1, 0.15) is 12.2 Å². The van der Waals surface area contributed by atoms with Crippen LogP contribution in [0, 0.1) is 0 Å². The molecule has 0 saturated carbocycles. The van der Waals surface area contributed by atoms with E-state index in [-0.39, 0.29) is 6.33 Å². The van der Waals surface area contributed by atoms with Gasteiger partial charge in [-0.1, -0.05) is 0 Å². The van der Waals surface area contributed by atoms with Crippen LogP contribution in [0.3, 0.4) is 0 Å². The van der Waals surface area contributed by atoms with Gasteiger partial charge in [-0.15, -0.1) is 0 Å². The number of rotatable bonds is 0. The topological polar surface area (TPSA) is 30.7 Å². The lowest BCUT2D eigenvalue weighted by Crippen LogP contribution is -2.52. The van der Waals surface area contributed by atoms with E-state index < -0.39 is 40.7 Å². The molecule has 18 heavy (non-hydrogen) atoms. The zero-order valence-corrected chi connectivity index (χ0v) is 8.15. The van der Waals surface area contributed by atoms with E-state index in [0.717, 1.165) is 0 Å². The van der Waals surface area contributed by atoms with Crippen LogP contribution in [0.4, 0.5) is 35.1 Å². The summed E-state index contributed by atoms with van der Waals surface area (Å²) in [6.45, 7) is 0. The second kappa shape index (κ2) is 3.12. The number of hydrogen-bond acceptors (Lipinski definition) is 2. The summed E-state index contributed by atoms with van der Waals surface area (Å²) in [5.74, 6) is -19.4. The van der Waals surface area contributed by atoms with Crippen LogP contribution in [-0.2, 0) is 12.0 Å². The number of hydrogen-bond donors (Lipinski definition) is 0. The SMILES string of the molecule is FC1(F)CC(F)(F)C(F)(F)C(F)(F)c2ncnn21. The molecule has 11 heteroatoms. The molecule has 0 aromatic carbocycles. The van der Waals surface area contributed by atoms with E-state index in [1.54, 1.807) is 0 Å². The third kappa shape index (κ3) is 1.35. The summed E-state index contributed by atoms with van der Waals surface area (Å²) in [6, 6.07) is -4.70. The van der Waals surface area contributed by atoms with Crippen LogP contribution in [0.15, 0.2) is 6.33 Å². The average molecular weight is 281 g/mol. The molecule has 0 aliphatic carbocycles. The zero-order chi connectivity index (χ0) is 14.0. The van der Waals surface area contributed by atoms with Gasteiger partial charge in [-0.2, -0.15) is 44.9 Å². The maximum absolute atomic E-state index is 13.2. The molecule has 0 radical (unpaired) electrons. The molecule has 1 aliphatic heterocycles. The van der Waals surface area contributed by atoms with Crippen molar-refractivity contribution in [2.75, 3.05) is 0 Å². The van der Waals surface area contributed by atoms with Crippen molar-refractivity contribution in [2.24, 2.45) is 0 Å². The molecule has 102 valence electrons. The van der Waals surface area contributed by atoms with Gasteiger partial charge in [0.1, 0.15) is 12.7 Å². The molecule has 1 aromatic heterocycles. The van der Waals surface area contributed by atoms with Crippen LogP contribution in [0.25, 0.3) is 0 Å². The van der Waals surface area contributed by atoms with E-state index in [1.807, 2.05) is 0 Å². The number of aromatic nitrogens is 3. The van der Waals surface area contributed by atoms with Gasteiger partial charge in [0.15, 0.2) is 0 Å². The van der Waals surface area contributed by atoms with Gasteiger partial charge in [0, 0.05) is 0 Å². The highest BCUT2D eigenvalue weighted by atomic mass is 19.3. The van der Waals surface area contributed by atoms with Crippen molar-refractivity contribution in [1.29, 1.82) is 0 Å². The first-order chi connectivity index (χ1) is 7.93. The van der Waals surface area contributed by atoms with Crippen LogP contribution >= 0.6 is 0 Å². The Morgan fingerprint density at radius 1 is 1.00 bits per heavy atom. The summed E-state index contributed by atoms with van der Waals surface area (Å²) in [5.41, 5.74) is 0. The predicted molar refractivity (Wildman–Crippen MR) is 38.6 cm³/mol. The molecule has 2 heterocycles. The molecule has 1 aliphatic rings. The van der Waals surface area contributed by atoms with E-state index in [0.29, 0.717) is 0 Å². The van der Waals surface area contributed by atoms with Crippen molar-refractivity contribution in [1.82, 2.24) is 14.8 Å². The maximum atomic E-state index is 13.2. The molecule has 0 unspecified atom stereocenters. The summed E-state index contributed by atoms with van der Waals surface area (Å²) in [5, 5.41) is 2.61. The second-order valence-corrected chi connectivity index (χ2v) is 3.69. The molecule has 0 atom stereocenters. The smallest absolute Gasteiger partial charge is 0.213 e. The number of halogens is 8. The summed E-state index contributed by atoms with van der Waals surface area (Å²) >= 11 is 0. The van der Waals surface area contributed by atoms with Crippen molar-refractivity contribution in [3.8, 4) is 0 Å². The molecule has 0 amide bonds. The fourth-order valence-corrected chi connectivity index (χ4v) is 1.52. The van der Waals surface area contributed by atoms with Crippen molar-refractivity contribution < 1.29 is 35.1 Å². The Kier molecular flexibility index (Phi) is 2.26. The van der Waals surface area contributed by atoms with Crippen molar-refractivity contribution in [3.63, 3.8) is 0 Å². The Morgan fingerprint density at radius 2 is 1.56 bits per heavy atom. The molecule has 0 saturated heterocycles. The lowest BCUT2D eigenvalue weighted by Gasteiger charge is -2.29. The molecule has 3 nitrogen and oxygen atoms in total. The standard InChI is InChI=1S/C7H3F8N3/c8-4(9)1-5(10,11)18-3(16-2-17-18)6(12,13)7(4,14)15/h2H,1H2. The van der Waals surface area contributed by atoms with Gasteiger partial charge in [0.25, 0.3) is 0 Å². The number of alkyl halides is 8. The van der Waals surface area contributed by atoms with Crippen LogP contribution < -0.4 is 0 Å². The predicted octanol–water partition coefficient (Wildman–Crippen LogP) is 2.59. The van der Waals surface area contributed by atoms with Gasteiger partial charge < -0.3 is 0 Å². The zero-order valence-electron chi connectivity index (χ0n) is 8.15. The third-order valence-electron chi connectivity index (χ3n) is 2.43. The molecule has 0 fully saturated rings. The minimum Gasteiger partial charge on any atom is -0.213 e. The first-order valence-electron chi connectivity index (χ1n) is 4.36. The van der Waals surface area contributed by atoms with E-state index in [9.17, 15) is 35.1 Å². The summed E-state index contributed by atoms with van der Waals surface area (Å²) in [4.78, 5) is 2.53. The van der Waals surface area contributed by atoms with Gasteiger partial charge in [-0.25, -0.2) is 4.98 Å². The highest BCUT2D eigenvalue weighted by molar-refractivity contribution is 5.12. The number of nitrogens with zero attached hydrogens (tertiary/aromatic N) is 3. The van der Waals surface area contributed by atoms with Crippen LogP contribution in [-0.4, -0.2) is 26.6 Å². The largest absolute Gasteiger partial charge is 0.379 e. The van der Waals surface area contributed by atoms with Crippen LogP contribution in [0.2, 0.25) is 0 Å². The first-order valence-corrected chi connectivity index (χ1v) is 4.36. The van der Waals surface area contributed by atoms with Gasteiger partial charge in [0.05, 0.1) is 0 Å². The second-order valence-electron chi connectivity index (χ2n) is 3.69. The molecular formula is C7H3F8N3. The highest BCUT2D eigenvalue weighted by Crippen LogP contribution is 2.57. The molecular weight excluding hydrogens is 278 g/mol. The van der Waals surface area contributed by atoms with Gasteiger partial charge >= 0.3 is 23.8 Å². The van der Waals surface area contributed by atoms with Gasteiger partial charge in [-0.05, 0) is 0 Å². The molecule has 0 spiro atoms. The fourth-order valence-electron chi connectivity index (χ4n) is 1.52. The Morgan fingerprint density at radius 3 is 2.11 bits per heavy atom. The average Bonchev–Trinajstić information content (AvgIpc) is 2.62. The quantitative estimate of drug-likeness (QED) is 0.684. The Hall–Kier alpha value is -1.42. The third-order valence-corrected chi connectivity index (χ3v) is 2.43. The lowest BCUT2D eigenvalue weighted by molar-refractivity contribution is -0.323. The fraction of sp³-hybridized carbons (Fsp3) is 0.714. The summed E-state index contributed by atoms with van der Waals surface area (Å²) < 4.78 is 104. The van der Waals surface area contributed by atoms with Gasteiger partial charge in [0.2, 0.25) is 5.82 Å². The number of fused-ring (bicyclic) bond motifs is 1. The molecule has 0 N–H and O–H groups in total. The van der Waals surface area contributed by atoms with Crippen molar-refractivity contribution in [3.05, 3.63) is 12.2 Å². The lowest BCUT2D eigenvalue weighted by atomic mass is 10.0. The van der Waals surface area contributed by atoms with E-state index in [4.69, 9.17) is 0 Å². The highest BCUT2D eigenvalue weighted by Gasteiger charge is 2.78. The summed E-state index contributed by atoms with van der Waals surface area (Å²) in [7, 11) is 0. The molecule has 2 rings (SSSR count). The van der Waals surface area contributed by atoms with Crippen LogP contribution in [0.5, 0.6) is 0 Å². The molecule has 0 bridgehead atoms. The Bertz CT molecular complexity index is 479. The monoisotopic (exact) mass is 281 g/mol. The van der Waals surface area contributed by atoms with Gasteiger partial charge in [-0.3, -0.25) is 0 Å². The molecule has 1 aromatic rings. The van der Waals surface area contributed by atoms with E-state index in [2.05, 4.69) is 10.1 Å². The van der Waals surface area contributed by atoms with E-state index >= 15 is 0 Å². The minimum absolute atomic E-state index is 0.163. The maximum Gasteiger partial charge on any atom is 0.379 e. The summed E-state index contributed by atoms with van der Waals surface area (Å²) in [6.07, 6.45) is -2.63. The first kappa shape index (κ1) is 13.0. The Labute approximate surface area is 93.4 Å². The van der Waals surface area contributed by atoms with E-state index in [1.165, 1.54) is 0 Å². The minimum atomic E-state index is -6.00. The van der Waals surface area contributed by atoms with Crippen molar-refractivity contribution >= 4 is 0 Å². The van der Waals surface area contributed by atoms with Crippen molar-refractivity contribution in [2.45, 2.75) is 30.2 Å². The normalized spacial score (nSPS) is 27.3.